The second-order valence-corrected chi connectivity index (χ2v) is 7.22. The zero-order chi connectivity index (χ0) is 20.3. The van der Waals surface area contributed by atoms with E-state index in [1.165, 1.54) is 4.90 Å². The van der Waals surface area contributed by atoms with Crippen LogP contribution >= 0.6 is 0 Å². The summed E-state index contributed by atoms with van der Waals surface area (Å²) in [6.45, 7) is 0.781. The lowest BCUT2D eigenvalue weighted by Crippen LogP contribution is -2.32. The molecule has 1 heterocycles. The predicted octanol–water partition coefficient (Wildman–Crippen LogP) is 2.79. The van der Waals surface area contributed by atoms with Gasteiger partial charge in [-0.1, -0.05) is 24.3 Å². The molecule has 0 aliphatic carbocycles. The Kier molecular flexibility index (Phi) is 5.78. The van der Waals surface area contributed by atoms with E-state index in [0.29, 0.717) is 30.5 Å². The maximum atomic E-state index is 12.4. The number of imide groups is 1. The highest BCUT2D eigenvalue weighted by Crippen LogP contribution is 2.22. The van der Waals surface area contributed by atoms with Crippen LogP contribution in [0.1, 0.15) is 39.1 Å². The van der Waals surface area contributed by atoms with Crippen LogP contribution in [-0.4, -0.2) is 55.2 Å². The molecule has 2 aromatic rings. The van der Waals surface area contributed by atoms with Crippen LogP contribution in [0.3, 0.4) is 0 Å². The number of fused-ring (bicyclic) bond motifs is 1. The van der Waals surface area contributed by atoms with Gasteiger partial charge in [0.2, 0.25) is 5.91 Å². The molecule has 0 aromatic heterocycles. The quantitative estimate of drug-likeness (QED) is 0.694. The lowest BCUT2D eigenvalue weighted by Gasteiger charge is -2.19. The molecule has 0 fully saturated rings. The highest BCUT2D eigenvalue weighted by molar-refractivity contribution is 6.21. The van der Waals surface area contributed by atoms with E-state index in [-0.39, 0.29) is 24.3 Å². The molecular weight excluding hydrogens is 354 g/mol. The number of carbonyl (C=O) groups excluding carboxylic acids is 3. The molecule has 6 heteroatoms. The summed E-state index contributed by atoms with van der Waals surface area (Å²) in [5.41, 5.74) is 3.05. The minimum Gasteiger partial charge on any atom is -0.378 e. The van der Waals surface area contributed by atoms with Gasteiger partial charge in [-0.25, -0.2) is 0 Å². The fourth-order valence-electron chi connectivity index (χ4n) is 3.28. The van der Waals surface area contributed by atoms with E-state index >= 15 is 0 Å². The Morgan fingerprint density at radius 2 is 1.46 bits per heavy atom. The molecule has 0 bridgehead atoms. The Morgan fingerprint density at radius 1 is 0.893 bits per heavy atom. The van der Waals surface area contributed by atoms with Crippen molar-refractivity contribution in [2.75, 3.05) is 32.6 Å². The topological polar surface area (TPSA) is 60.9 Å². The number of anilines is 1. The molecule has 3 amide bonds. The summed E-state index contributed by atoms with van der Waals surface area (Å²) in [5.74, 6) is -0.557. The van der Waals surface area contributed by atoms with Crippen LogP contribution in [0.15, 0.2) is 48.5 Å². The number of benzene rings is 2. The zero-order valence-electron chi connectivity index (χ0n) is 16.5. The number of amides is 3. The molecule has 2 aromatic carbocycles. The van der Waals surface area contributed by atoms with Crippen molar-refractivity contribution in [1.82, 2.24) is 9.80 Å². The Hall–Kier alpha value is -3.15. The first-order chi connectivity index (χ1) is 13.4. The van der Waals surface area contributed by atoms with E-state index in [2.05, 4.69) is 0 Å². The summed E-state index contributed by atoms with van der Waals surface area (Å²) < 4.78 is 0. The number of carbonyl (C=O) groups is 3. The third-order valence-corrected chi connectivity index (χ3v) is 4.95. The number of nitrogens with zero attached hydrogens (tertiary/aromatic N) is 3. The number of hydrogen-bond acceptors (Lipinski definition) is 4. The van der Waals surface area contributed by atoms with Gasteiger partial charge < -0.3 is 9.80 Å². The van der Waals surface area contributed by atoms with Crippen LogP contribution < -0.4 is 4.90 Å². The highest BCUT2D eigenvalue weighted by Gasteiger charge is 2.34. The van der Waals surface area contributed by atoms with E-state index in [9.17, 15) is 14.4 Å². The Labute approximate surface area is 165 Å². The Morgan fingerprint density at radius 3 is 2.00 bits per heavy atom. The van der Waals surface area contributed by atoms with E-state index in [4.69, 9.17) is 0 Å². The molecule has 0 unspecified atom stereocenters. The van der Waals surface area contributed by atoms with Gasteiger partial charge in [-0.05, 0) is 36.2 Å². The lowest BCUT2D eigenvalue weighted by molar-refractivity contribution is -0.130. The first-order valence-electron chi connectivity index (χ1n) is 9.34. The average Bonchev–Trinajstić information content (AvgIpc) is 2.93. The average molecular weight is 379 g/mol. The van der Waals surface area contributed by atoms with Crippen LogP contribution in [0.4, 0.5) is 5.69 Å². The molecular formula is C22H25N3O3. The first kappa shape index (κ1) is 19.6. The molecule has 28 heavy (non-hydrogen) atoms. The van der Waals surface area contributed by atoms with Crippen molar-refractivity contribution in [1.29, 1.82) is 0 Å². The molecule has 0 atom stereocenters. The highest BCUT2D eigenvalue weighted by atomic mass is 16.2. The predicted molar refractivity (Wildman–Crippen MR) is 108 cm³/mol. The fourth-order valence-corrected chi connectivity index (χ4v) is 3.28. The maximum absolute atomic E-state index is 12.4. The van der Waals surface area contributed by atoms with Gasteiger partial charge in [0.25, 0.3) is 11.8 Å². The molecule has 0 radical (unpaired) electrons. The minimum atomic E-state index is -0.276. The zero-order valence-corrected chi connectivity index (χ0v) is 16.5. The van der Waals surface area contributed by atoms with E-state index < -0.39 is 0 Å². The van der Waals surface area contributed by atoms with Gasteiger partial charge >= 0.3 is 0 Å². The molecule has 1 aliphatic rings. The van der Waals surface area contributed by atoms with Crippen LogP contribution in [-0.2, 0) is 11.3 Å². The summed E-state index contributed by atoms with van der Waals surface area (Å²) in [6.07, 6.45) is 0.744. The van der Waals surface area contributed by atoms with Crippen molar-refractivity contribution >= 4 is 23.4 Å². The number of rotatable bonds is 7. The third-order valence-electron chi connectivity index (χ3n) is 4.95. The van der Waals surface area contributed by atoms with Crippen LogP contribution in [0.25, 0.3) is 0 Å². The summed E-state index contributed by atoms with van der Waals surface area (Å²) in [6, 6.07) is 14.9. The Balaban J connectivity index is 1.49. The number of hydrogen-bond donors (Lipinski definition) is 0. The molecule has 0 saturated heterocycles. The largest absolute Gasteiger partial charge is 0.378 e. The molecule has 3 rings (SSSR count). The van der Waals surface area contributed by atoms with E-state index in [1.54, 1.807) is 36.2 Å². The minimum absolute atomic E-state index is 0.00621. The van der Waals surface area contributed by atoms with Gasteiger partial charge in [0.15, 0.2) is 0 Å². The molecule has 146 valence electrons. The molecule has 0 spiro atoms. The van der Waals surface area contributed by atoms with Crippen molar-refractivity contribution in [3.05, 3.63) is 65.2 Å². The third kappa shape index (κ3) is 4.06. The van der Waals surface area contributed by atoms with Crippen molar-refractivity contribution < 1.29 is 14.4 Å². The van der Waals surface area contributed by atoms with Crippen molar-refractivity contribution in [3.8, 4) is 0 Å². The van der Waals surface area contributed by atoms with Crippen molar-refractivity contribution in [3.63, 3.8) is 0 Å². The maximum Gasteiger partial charge on any atom is 0.261 e. The van der Waals surface area contributed by atoms with Gasteiger partial charge in [0.1, 0.15) is 0 Å². The monoisotopic (exact) mass is 379 g/mol. The van der Waals surface area contributed by atoms with Gasteiger partial charge in [-0.15, -0.1) is 0 Å². The van der Waals surface area contributed by atoms with Gasteiger partial charge in [0, 0.05) is 46.3 Å². The summed E-state index contributed by atoms with van der Waals surface area (Å²) in [4.78, 5) is 42.0. The molecule has 0 saturated carbocycles. The smallest absolute Gasteiger partial charge is 0.261 e. The summed E-state index contributed by atoms with van der Waals surface area (Å²) in [5, 5.41) is 0. The van der Waals surface area contributed by atoms with Crippen LogP contribution in [0.5, 0.6) is 0 Å². The van der Waals surface area contributed by atoms with Gasteiger partial charge in [-0.2, -0.15) is 0 Å². The lowest BCUT2D eigenvalue weighted by atomic mass is 10.1. The first-order valence-corrected chi connectivity index (χ1v) is 9.34. The van der Waals surface area contributed by atoms with Crippen LogP contribution in [0, 0.1) is 0 Å². The van der Waals surface area contributed by atoms with Crippen molar-refractivity contribution in [2.24, 2.45) is 0 Å². The van der Waals surface area contributed by atoms with E-state index in [0.717, 1.165) is 11.3 Å². The molecule has 1 aliphatic heterocycles. The SMILES string of the molecule is CN(Cc1ccc(N(C)C)cc1)C(=O)CCCN1C(=O)c2ccccc2C1=O. The Bertz CT molecular complexity index is 855. The molecule has 0 N–H and O–H groups in total. The normalized spacial score (nSPS) is 12.9. The van der Waals surface area contributed by atoms with Gasteiger partial charge in [-0.3, -0.25) is 19.3 Å². The molecule has 6 nitrogen and oxygen atoms in total. The van der Waals surface area contributed by atoms with Gasteiger partial charge in [0.05, 0.1) is 11.1 Å². The van der Waals surface area contributed by atoms with Crippen LogP contribution in [0.2, 0.25) is 0 Å². The van der Waals surface area contributed by atoms with Crippen molar-refractivity contribution in [2.45, 2.75) is 19.4 Å². The fraction of sp³-hybridized carbons (Fsp3) is 0.318. The summed E-state index contributed by atoms with van der Waals surface area (Å²) >= 11 is 0. The summed E-state index contributed by atoms with van der Waals surface area (Å²) in [7, 11) is 5.74. The second-order valence-electron chi connectivity index (χ2n) is 7.22. The van der Waals surface area contributed by atoms with E-state index in [1.807, 2.05) is 43.3 Å². The second kappa shape index (κ2) is 8.25. The standard InChI is InChI=1S/C22H25N3O3/c1-23(2)17-12-10-16(11-13-17)15-24(3)20(26)9-6-14-25-21(27)18-7-4-5-8-19(18)22(25)28/h4-5,7-8,10-13H,6,9,14-15H2,1-3H3.